The van der Waals surface area contributed by atoms with Gasteiger partial charge in [-0.25, -0.2) is 0 Å². The molecular formula is C66H40. The highest BCUT2D eigenvalue weighted by atomic mass is 14.3. The third kappa shape index (κ3) is 5.33. The van der Waals surface area contributed by atoms with E-state index in [2.05, 4.69) is 243 Å². The van der Waals surface area contributed by atoms with Crippen molar-refractivity contribution in [3.63, 3.8) is 0 Å². The van der Waals surface area contributed by atoms with Crippen molar-refractivity contribution in [3.8, 4) is 44.5 Å². The van der Waals surface area contributed by atoms with E-state index in [-0.39, 0.29) is 0 Å². The second-order valence-corrected chi connectivity index (χ2v) is 17.8. The summed E-state index contributed by atoms with van der Waals surface area (Å²) in [6.07, 6.45) is 0. The van der Waals surface area contributed by atoms with Crippen molar-refractivity contribution < 1.29 is 0 Å². The van der Waals surface area contributed by atoms with Crippen LogP contribution in [-0.2, 0) is 0 Å². The molecule has 0 aliphatic carbocycles. The molecule has 15 rings (SSSR count). The van der Waals surface area contributed by atoms with E-state index in [0.717, 1.165) is 0 Å². The van der Waals surface area contributed by atoms with Gasteiger partial charge in [0.15, 0.2) is 0 Å². The van der Waals surface area contributed by atoms with Crippen LogP contribution >= 0.6 is 0 Å². The molecule has 15 aromatic rings. The van der Waals surface area contributed by atoms with Gasteiger partial charge in [0.25, 0.3) is 0 Å². The highest BCUT2D eigenvalue weighted by Gasteiger charge is 2.26. The third-order valence-electron chi connectivity index (χ3n) is 14.3. The molecule has 0 fully saturated rings. The van der Waals surface area contributed by atoms with Gasteiger partial charge in [-0.3, -0.25) is 0 Å². The van der Waals surface area contributed by atoms with E-state index in [1.165, 1.54) is 141 Å². The second-order valence-electron chi connectivity index (χ2n) is 17.8. The zero-order valence-electron chi connectivity index (χ0n) is 36.1. The molecule has 0 heterocycles. The van der Waals surface area contributed by atoms with E-state index >= 15 is 0 Å². The van der Waals surface area contributed by atoms with Gasteiger partial charge in [-0.1, -0.05) is 243 Å². The molecule has 0 N–H and O–H groups in total. The molecule has 66 heavy (non-hydrogen) atoms. The molecule has 0 amide bonds. The molecule has 304 valence electrons. The zero-order valence-corrected chi connectivity index (χ0v) is 36.1. The van der Waals surface area contributed by atoms with E-state index in [9.17, 15) is 0 Å². The lowest BCUT2D eigenvalue weighted by Gasteiger charge is -2.25. The van der Waals surface area contributed by atoms with Gasteiger partial charge in [0.1, 0.15) is 0 Å². The molecule has 0 unspecified atom stereocenters. The minimum Gasteiger partial charge on any atom is -0.0622 e. The van der Waals surface area contributed by atoms with Crippen molar-refractivity contribution in [3.05, 3.63) is 243 Å². The fourth-order valence-corrected chi connectivity index (χ4v) is 11.6. The SMILES string of the molecule is c1cc2ccc3ccc4ccc5ccc6ccc1c1c2c3c4c5c61.c1ccc(-c2c3ccccc3c(-c3ccccc3)c3c(-c4ccccc4)c4ccccc4c(-c4ccccc4)c23)cc1. The molecule has 0 aliphatic rings. The van der Waals surface area contributed by atoms with Crippen molar-refractivity contribution >= 4 is 97.0 Å². The fraction of sp³-hybridized carbons (Fsp3) is 0. The lowest BCUT2D eigenvalue weighted by Crippen LogP contribution is -1.97. The van der Waals surface area contributed by atoms with Crippen LogP contribution in [0.3, 0.4) is 0 Å². The predicted octanol–water partition coefficient (Wildman–Crippen LogP) is 18.7. The molecule has 0 atom stereocenters. The first kappa shape index (κ1) is 36.9. The van der Waals surface area contributed by atoms with Crippen molar-refractivity contribution in [1.82, 2.24) is 0 Å². The van der Waals surface area contributed by atoms with Crippen molar-refractivity contribution in [2.45, 2.75) is 0 Å². The molecule has 0 bridgehead atoms. The fourth-order valence-electron chi connectivity index (χ4n) is 11.6. The summed E-state index contributed by atoms with van der Waals surface area (Å²) in [6, 6.07) is 88.9. The highest BCUT2D eigenvalue weighted by Crippen LogP contribution is 2.54. The standard InChI is InChI=1S/C42H28.C24H12/c1-5-17-29(18-6-1)37-33-25-13-14-26-34(33)39(31-21-9-3-10-22-31)42-40(32-23-11-4-12-24-32)36-28-16-15-27-35(36)38(41(37)42)30-19-7-2-8-20-30;1-2-14-5-6-16-9-11-18-12-10-17-8-7-15-4-3-13(1)19-20(14)22(16)24(18)23(17)21(15)19/h1-28H;1-12H. The first-order valence-electron chi connectivity index (χ1n) is 23.0. The summed E-state index contributed by atoms with van der Waals surface area (Å²) in [5, 5.41) is 24.4. The molecule has 0 aliphatic heterocycles. The van der Waals surface area contributed by atoms with Gasteiger partial charge in [-0.2, -0.15) is 0 Å². The third-order valence-corrected chi connectivity index (χ3v) is 14.3. The van der Waals surface area contributed by atoms with Crippen LogP contribution in [0.25, 0.3) is 141 Å². The van der Waals surface area contributed by atoms with Gasteiger partial charge >= 0.3 is 0 Å². The van der Waals surface area contributed by atoms with Crippen LogP contribution in [0.1, 0.15) is 0 Å². The Morgan fingerprint density at radius 2 is 0.303 bits per heavy atom. The summed E-state index contributed by atoms with van der Waals surface area (Å²) in [5.41, 5.74) is 10.0. The van der Waals surface area contributed by atoms with E-state index in [4.69, 9.17) is 0 Å². The van der Waals surface area contributed by atoms with Gasteiger partial charge in [-0.05, 0) is 141 Å². The van der Waals surface area contributed by atoms with E-state index < -0.39 is 0 Å². The Labute approximate surface area is 382 Å². The number of rotatable bonds is 4. The summed E-state index contributed by atoms with van der Waals surface area (Å²) < 4.78 is 0. The summed E-state index contributed by atoms with van der Waals surface area (Å²) in [6.45, 7) is 0. The van der Waals surface area contributed by atoms with Crippen LogP contribution < -0.4 is 0 Å². The minimum absolute atomic E-state index is 1.23. The Morgan fingerprint density at radius 3 is 0.485 bits per heavy atom. The van der Waals surface area contributed by atoms with Gasteiger partial charge in [0.2, 0.25) is 0 Å². The van der Waals surface area contributed by atoms with E-state index in [1.54, 1.807) is 0 Å². The average molecular weight is 833 g/mol. The van der Waals surface area contributed by atoms with Crippen LogP contribution in [0, 0.1) is 0 Å². The van der Waals surface area contributed by atoms with Gasteiger partial charge in [0, 0.05) is 0 Å². The number of benzene rings is 15. The molecule has 15 aromatic carbocycles. The lowest BCUT2D eigenvalue weighted by molar-refractivity contribution is 1.63. The Hall–Kier alpha value is -8.58. The van der Waals surface area contributed by atoms with Crippen LogP contribution in [-0.4, -0.2) is 0 Å². The van der Waals surface area contributed by atoms with Crippen LogP contribution in [0.15, 0.2) is 243 Å². The Kier molecular flexibility index (Phi) is 8.08. The molecule has 0 spiro atoms. The topological polar surface area (TPSA) is 0 Å². The molecule has 0 aromatic heterocycles. The van der Waals surface area contributed by atoms with Crippen molar-refractivity contribution in [2.75, 3.05) is 0 Å². The Bertz CT molecular complexity index is 3570. The number of hydrogen-bond donors (Lipinski definition) is 0. The summed E-state index contributed by atoms with van der Waals surface area (Å²) in [7, 11) is 0. The van der Waals surface area contributed by atoms with E-state index in [1.807, 2.05) is 0 Å². The largest absolute Gasteiger partial charge is 0.0622 e. The maximum Gasteiger partial charge on any atom is -0.000139 e. The van der Waals surface area contributed by atoms with Gasteiger partial charge in [0.05, 0.1) is 0 Å². The van der Waals surface area contributed by atoms with Crippen molar-refractivity contribution in [1.29, 1.82) is 0 Å². The van der Waals surface area contributed by atoms with Gasteiger partial charge < -0.3 is 0 Å². The summed E-state index contributed by atoms with van der Waals surface area (Å²) in [4.78, 5) is 0. The summed E-state index contributed by atoms with van der Waals surface area (Å²) >= 11 is 0. The van der Waals surface area contributed by atoms with Crippen LogP contribution in [0.2, 0.25) is 0 Å². The minimum atomic E-state index is 1.23. The monoisotopic (exact) mass is 832 g/mol. The molecule has 0 heteroatoms. The smallest absolute Gasteiger partial charge is 0.000139 e. The average Bonchev–Trinajstić information content (AvgIpc) is 3.39. The highest BCUT2D eigenvalue weighted by molar-refractivity contribution is 6.44. The number of hydrogen-bond acceptors (Lipinski definition) is 0. The van der Waals surface area contributed by atoms with Gasteiger partial charge in [-0.15, -0.1) is 0 Å². The molecule has 0 saturated heterocycles. The van der Waals surface area contributed by atoms with E-state index in [0.29, 0.717) is 0 Å². The number of fused-ring (bicyclic) bond motifs is 3. The molecule has 0 radical (unpaired) electrons. The first-order valence-corrected chi connectivity index (χ1v) is 23.0. The molecule has 0 nitrogen and oxygen atoms in total. The second kappa shape index (κ2) is 14.5. The normalized spacial score (nSPS) is 11.9. The quantitative estimate of drug-likeness (QED) is 0.122. The zero-order chi connectivity index (χ0) is 43.3. The Morgan fingerprint density at radius 1 is 0.136 bits per heavy atom. The predicted molar refractivity (Wildman–Crippen MR) is 286 cm³/mol. The van der Waals surface area contributed by atoms with Crippen molar-refractivity contribution in [2.24, 2.45) is 0 Å². The molecule has 0 saturated carbocycles. The summed E-state index contributed by atoms with van der Waals surface area (Å²) in [5.74, 6) is 0. The van der Waals surface area contributed by atoms with Crippen LogP contribution in [0.5, 0.6) is 0 Å². The van der Waals surface area contributed by atoms with Crippen LogP contribution in [0.4, 0.5) is 0 Å². The molecular weight excluding hydrogens is 793 g/mol. The maximum atomic E-state index is 2.30. The lowest BCUT2D eigenvalue weighted by atomic mass is 9.77. The maximum absolute atomic E-state index is 2.30. The first-order chi connectivity index (χ1) is 32.8. The Balaban J connectivity index is 0.000000145.